The SMILES string of the molecule is CCOP(=S)(Cl)Oc1ccc(C)cc1. The summed E-state index contributed by atoms with van der Waals surface area (Å²) >= 11 is 10.9. The minimum Gasteiger partial charge on any atom is -0.433 e. The first-order valence-corrected chi connectivity index (χ1v) is 7.78. The average Bonchev–Trinajstić information content (AvgIpc) is 2.08. The second-order valence-electron chi connectivity index (χ2n) is 2.75. The molecule has 0 radical (unpaired) electrons. The lowest BCUT2D eigenvalue weighted by Crippen LogP contribution is -1.91. The summed E-state index contributed by atoms with van der Waals surface area (Å²) in [6, 6.07) is 7.54. The Labute approximate surface area is 94.1 Å². The first-order chi connectivity index (χ1) is 6.53. The van der Waals surface area contributed by atoms with Crippen LogP contribution in [0.1, 0.15) is 12.5 Å². The number of aryl methyl sites for hydroxylation is 1. The molecule has 0 aliphatic rings. The normalized spacial score (nSPS) is 14.8. The lowest BCUT2D eigenvalue weighted by Gasteiger charge is -2.14. The largest absolute Gasteiger partial charge is 0.433 e. The molecule has 0 bridgehead atoms. The van der Waals surface area contributed by atoms with Crippen LogP contribution in [-0.4, -0.2) is 6.61 Å². The van der Waals surface area contributed by atoms with Crippen molar-refractivity contribution in [3.8, 4) is 5.75 Å². The predicted molar refractivity (Wildman–Crippen MR) is 63.6 cm³/mol. The van der Waals surface area contributed by atoms with Gasteiger partial charge in [-0.2, -0.15) is 0 Å². The highest BCUT2D eigenvalue weighted by atomic mass is 35.7. The number of hydrogen-bond acceptors (Lipinski definition) is 3. The van der Waals surface area contributed by atoms with Gasteiger partial charge >= 0.3 is 5.84 Å². The van der Waals surface area contributed by atoms with Gasteiger partial charge in [-0.15, -0.1) is 0 Å². The molecule has 0 heterocycles. The van der Waals surface area contributed by atoms with Gasteiger partial charge in [-0.1, -0.05) is 17.7 Å². The second-order valence-corrected chi connectivity index (χ2v) is 7.43. The Hall–Kier alpha value is -0.0800. The molecule has 0 saturated carbocycles. The molecule has 1 atom stereocenters. The smallest absolute Gasteiger partial charge is 0.332 e. The monoisotopic (exact) mass is 250 g/mol. The summed E-state index contributed by atoms with van der Waals surface area (Å²) in [5.41, 5.74) is 1.16. The minimum absolute atomic E-state index is 0.465. The van der Waals surface area contributed by atoms with Gasteiger partial charge in [0, 0.05) is 0 Å². The van der Waals surface area contributed by atoms with E-state index in [9.17, 15) is 0 Å². The summed E-state index contributed by atoms with van der Waals surface area (Å²) in [6.45, 7) is 4.30. The molecule has 0 aromatic heterocycles. The Morgan fingerprint density at radius 2 is 1.93 bits per heavy atom. The van der Waals surface area contributed by atoms with E-state index in [-0.39, 0.29) is 0 Å². The van der Waals surface area contributed by atoms with Crippen molar-refractivity contribution in [2.45, 2.75) is 13.8 Å². The molecule has 0 aliphatic heterocycles. The van der Waals surface area contributed by atoms with Gasteiger partial charge in [0.2, 0.25) is 0 Å². The van der Waals surface area contributed by atoms with Crippen LogP contribution in [0.2, 0.25) is 0 Å². The van der Waals surface area contributed by atoms with E-state index in [4.69, 9.17) is 32.1 Å². The van der Waals surface area contributed by atoms with Crippen LogP contribution in [0.15, 0.2) is 24.3 Å². The summed E-state index contributed by atoms with van der Waals surface area (Å²) in [5, 5.41) is 0. The quantitative estimate of drug-likeness (QED) is 0.756. The van der Waals surface area contributed by atoms with Crippen molar-refractivity contribution in [2.24, 2.45) is 0 Å². The third-order valence-electron chi connectivity index (χ3n) is 1.52. The van der Waals surface area contributed by atoms with E-state index in [2.05, 4.69) is 0 Å². The Balaban J connectivity index is 2.69. The van der Waals surface area contributed by atoms with Crippen LogP contribution >= 0.6 is 17.1 Å². The van der Waals surface area contributed by atoms with Crippen molar-refractivity contribution in [3.63, 3.8) is 0 Å². The van der Waals surface area contributed by atoms with E-state index >= 15 is 0 Å². The molecule has 1 aromatic rings. The molecule has 0 N–H and O–H groups in total. The number of rotatable bonds is 4. The van der Waals surface area contributed by atoms with E-state index in [1.165, 1.54) is 0 Å². The zero-order valence-corrected chi connectivity index (χ0v) is 10.5. The van der Waals surface area contributed by atoms with Gasteiger partial charge in [0.1, 0.15) is 5.75 Å². The van der Waals surface area contributed by atoms with Crippen LogP contribution in [0.25, 0.3) is 0 Å². The zero-order valence-electron chi connectivity index (χ0n) is 8.07. The van der Waals surface area contributed by atoms with Crippen molar-refractivity contribution in [2.75, 3.05) is 6.61 Å². The molecule has 0 amide bonds. The van der Waals surface area contributed by atoms with Crippen LogP contribution in [0.5, 0.6) is 5.75 Å². The highest BCUT2D eigenvalue weighted by Gasteiger charge is 2.15. The molecular weight excluding hydrogens is 239 g/mol. The zero-order chi connectivity index (χ0) is 10.6. The topological polar surface area (TPSA) is 18.5 Å². The lowest BCUT2D eigenvalue weighted by molar-refractivity contribution is 0.343. The molecule has 1 aromatic carbocycles. The first kappa shape index (κ1) is 12.0. The van der Waals surface area contributed by atoms with Crippen molar-refractivity contribution < 1.29 is 9.05 Å². The third kappa shape index (κ3) is 3.97. The second kappa shape index (κ2) is 5.13. The van der Waals surface area contributed by atoms with Gasteiger partial charge in [-0.05, 0) is 49.0 Å². The highest BCUT2D eigenvalue weighted by molar-refractivity contribution is 8.22. The van der Waals surface area contributed by atoms with Crippen LogP contribution in [-0.2, 0) is 16.3 Å². The maximum absolute atomic E-state index is 5.89. The maximum atomic E-state index is 5.89. The molecule has 0 fully saturated rings. The Kier molecular flexibility index (Phi) is 4.39. The van der Waals surface area contributed by atoms with Gasteiger partial charge < -0.3 is 9.05 Å². The maximum Gasteiger partial charge on any atom is 0.332 e. The van der Waals surface area contributed by atoms with Crippen molar-refractivity contribution >= 4 is 28.9 Å². The number of halogens is 1. The molecule has 5 heteroatoms. The fourth-order valence-electron chi connectivity index (χ4n) is 0.906. The first-order valence-electron chi connectivity index (χ1n) is 4.24. The summed E-state index contributed by atoms with van der Waals surface area (Å²) in [5.74, 6) is -1.97. The molecule has 2 nitrogen and oxygen atoms in total. The Morgan fingerprint density at radius 3 is 2.43 bits per heavy atom. The standard InChI is InChI=1S/C9H12ClO2PS/c1-3-11-13(10,14)12-9-6-4-8(2)5-7-9/h4-7H,3H2,1-2H3. The summed E-state index contributed by atoms with van der Waals surface area (Å²) in [4.78, 5) is 0. The van der Waals surface area contributed by atoms with Crippen LogP contribution < -0.4 is 4.52 Å². The third-order valence-corrected chi connectivity index (χ3v) is 3.55. The van der Waals surface area contributed by atoms with Crippen molar-refractivity contribution in [1.29, 1.82) is 0 Å². The average molecular weight is 251 g/mol. The number of hydrogen-bond donors (Lipinski definition) is 0. The molecule has 0 saturated heterocycles. The number of benzene rings is 1. The van der Waals surface area contributed by atoms with E-state index in [0.29, 0.717) is 12.4 Å². The van der Waals surface area contributed by atoms with Crippen molar-refractivity contribution in [1.82, 2.24) is 0 Å². The van der Waals surface area contributed by atoms with Crippen molar-refractivity contribution in [3.05, 3.63) is 29.8 Å². The van der Waals surface area contributed by atoms with Gasteiger partial charge in [0.15, 0.2) is 0 Å². The Morgan fingerprint density at radius 1 is 1.36 bits per heavy atom. The highest BCUT2D eigenvalue weighted by Crippen LogP contribution is 2.53. The Bertz CT molecular complexity index is 339. The van der Waals surface area contributed by atoms with E-state index in [0.717, 1.165) is 5.56 Å². The molecule has 1 rings (SSSR count). The van der Waals surface area contributed by atoms with Gasteiger partial charge in [-0.3, -0.25) is 0 Å². The van der Waals surface area contributed by atoms with Crippen LogP contribution in [0.4, 0.5) is 0 Å². The molecule has 0 spiro atoms. The fourth-order valence-corrected chi connectivity index (χ4v) is 2.75. The molecule has 78 valence electrons. The van der Waals surface area contributed by atoms with Gasteiger partial charge in [0.05, 0.1) is 6.61 Å². The summed E-state index contributed by atoms with van der Waals surface area (Å²) in [7, 11) is 0. The van der Waals surface area contributed by atoms with Gasteiger partial charge in [0.25, 0.3) is 0 Å². The fraction of sp³-hybridized carbons (Fsp3) is 0.333. The summed E-state index contributed by atoms with van der Waals surface area (Å²) < 4.78 is 10.5. The lowest BCUT2D eigenvalue weighted by atomic mass is 10.2. The molecular formula is C9H12ClO2PS. The molecule has 14 heavy (non-hydrogen) atoms. The molecule has 1 unspecified atom stereocenters. The minimum atomic E-state index is -2.62. The molecule has 0 aliphatic carbocycles. The predicted octanol–water partition coefficient (Wildman–Crippen LogP) is 3.87. The summed E-state index contributed by atoms with van der Waals surface area (Å²) in [6.07, 6.45) is 0. The van der Waals surface area contributed by atoms with E-state index in [1.54, 1.807) is 0 Å². The van der Waals surface area contributed by atoms with E-state index < -0.39 is 5.84 Å². The van der Waals surface area contributed by atoms with Gasteiger partial charge in [-0.25, -0.2) is 0 Å². The van der Waals surface area contributed by atoms with E-state index in [1.807, 2.05) is 38.1 Å². The van der Waals surface area contributed by atoms with Crippen LogP contribution in [0.3, 0.4) is 0 Å². The van der Waals surface area contributed by atoms with Crippen LogP contribution in [0, 0.1) is 6.92 Å².